The highest BCUT2D eigenvalue weighted by Gasteiger charge is 2.07. The highest BCUT2D eigenvalue weighted by atomic mass is 32.2. The molecular formula is C25H25N3O2S. The summed E-state index contributed by atoms with van der Waals surface area (Å²) in [5.41, 5.74) is 4.84. The summed E-state index contributed by atoms with van der Waals surface area (Å²) in [7, 11) is 0. The SMILES string of the molecule is CCOCc1ccc(CNC(=O)c2ccc(SCc3cn4ccccc4n3)cc2)cc1. The summed E-state index contributed by atoms with van der Waals surface area (Å²) in [4.78, 5) is 18.2. The third-order valence-corrected chi connectivity index (χ3v) is 5.91. The first-order chi connectivity index (χ1) is 15.2. The fraction of sp³-hybridized carbons (Fsp3) is 0.200. The molecule has 2 heterocycles. The number of nitrogens with one attached hydrogen (secondary N) is 1. The number of rotatable bonds is 9. The van der Waals surface area contributed by atoms with E-state index in [1.54, 1.807) is 11.8 Å². The number of thioether (sulfide) groups is 1. The van der Waals surface area contributed by atoms with E-state index in [1.807, 2.05) is 90.4 Å². The normalized spacial score (nSPS) is 11.0. The number of imidazole rings is 1. The lowest BCUT2D eigenvalue weighted by Crippen LogP contribution is -2.22. The lowest BCUT2D eigenvalue weighted by atomic mass is 10.1. The van der Waals surface area contributed by atoms with Gasteiger partial charge in [-0.25, -0.2) is 4.98 Å². The van der Waals surface area contributed by atoms with Crippen LogP contribution < -0.4 is 5.32 Å². The van der Waals surface area contributed by atoms with Gasteiger partial charge in [-0.2, -0.15) is 0 Å². The van der Waals surface area contributed by atoms with Crippen LogP contribution in [0.15, 0.2) is 84.0 Å². The molecule has 0 radical (unpaired) electrons. The molecule has 31 heavy (non-hydrogen) atoms. The van der Waals surface area contributed by atoms with E-state index in [9.17, 15) is 4.79 Å². The summed E-state index contributed by atoms with van der Waals surface area (Å²) >= 11 is 1.71. The highest BCUT2D eigenvalue weighted by Crippen LogP contribution is 2.23. The van der Waals surface area contributed by atoms with Crippen LogP contribution in [-0.4, -0.2) is 21.9 Å². The molecule has 2 aromatic carbocycles. The molecule has 0 bridgehead atoms. The van der Waals surface area contributed by atoms with Gasteiger partial charge in [0.2, 0.25) is 0 Å². The Labute approximate surface area is 186 Å². The first-order valence-corrected chi connectivity index (χ1v) is 11.3. The van der Waals surface area contributed by atoms with Crippen molar-refractivity contribution >= 4 is 23.3 Å². The Morgan fingerprint density at radius 2 is 1.81 bits per heavy atom. The van der Waals surface area contributed by atoms with Gasteiger partial charge in [0.1, 0.15) is 5.65 Å². The standard InChI is InChI=1S/C25H25N3O2S/c1-2-30-17-20-8-6-19(7-9-20)15-26-25(29)21-10-12-23(13-11-21)31-18-22-16-28-14-4-3-5-24(28)27-22/h3-14,16H,2,15,17-18H2,1H3,(H,26,29). The monoisotopic (exact) mass is 431 g/mol. The van der Waals surface area contributed by atoms with Crippen molar-refractivity contribution in [3.05, 3.63) is 102 Å². The van der Waals surface area contributed by atoms with Gasteiger partial charge < -0.3 is 14.5 Å². The molecule has 0 saturated heterocycles. The van der Waals surface area contributed by atoms with E-state index in [1.165, 1.54) is 0 Å². The van der Waals surface area contributed by atoms with Gasteiger partial charge in [-0.15, -0.1) is 11.8 Å². The zero-order chi connectivity index (χ0) is 21.5. The second kappa shape index (κ2) is 10.3. The van der Waals surface area contributed by atoms with Crippen molar-refractivity contribution in [2.24, 2.45) is 0 Å². The Morgan fingerprint density at radius 3 is 2.55 bits per heavy atom. The number of carbonyl (C=O) groups excluding carboxylic acids is 1. The van der Waals surface area contributed by atoms with Crippen molar-refractivity contribution in [2.75, 3.05) is 6.61 Å². The molecule has 158 valence electrons. The number of hydrogen-bond donors (Lipinski definition) is 1. The van der Waals surface area contributed by atoms with Gasteiger partial charge in [0, 0.05) is 41.8 Å². The number of hydrogen-bond acceptors (Lipinski definition) is 4. The van der Waals surface area contributed by atoms with Crippen LogP contribution in [-0.2, 0) is 23.6 Å². The van der Waals surface area contributed by atoms with Crippen LogP contribution in [0.3, 0.4) is 0 Å². The van der Waals surface area contributed by atoms with E-state index < -0.39 is 0 Å². The smallest absolute Gasteiger partial charge is 0.251 e. The molecule has 0 spiro atoms. The van der Waals surface area contributed by atoms with Gasteiger partial charge in [-0.1, -0.05) is 30.3 Å². The number of pyridine rings is 1. The van der Waals surface area contributed by atoms with E-state index in [0.717, 1.165) is 33.1 Å². The average Bonchev–Trinajstić information content (AvgIpc) is 3.24. The van der Waals surface area contributed by atoms with Gasteiger partial charge in [0.15, 0.2) is 0 Å². The Morgan fingerprint density at radius 1 is 1.03 bits per heavy atom. The minimum Gasteiger partial charge on any atom is -0.377 e. The Bertz CT molecular complexity index is 1100. The number of fused-ring (bicyclic) bond motifs is 1. The van der Waals surface area contributed by atoms with E-state index >= 15 is 0 Å². The molecule has 4 rings (SSSR count). The zero-order valence-corrected chi connectivity index (χ0v) is 18.3. The number of aromatic nitrogens is 2. The molecule has 0 aliphatic carbocycles. The quantitative estimate of drug-likeness (QED) is 0.375. The summed E-state index contributed by atoms with van der Waals surface area (Å²) in [6.07, 6.45) is 4.05. The first-order valence-electron chi connectivity index (χ1n) is 10.3. The molecule has 5 nitrogen and oxygen atoms in total. The average molecular weight is 432 g/mol. The largest absolute Gasteiger partial charge is 0.377 e. The van der Waals surface area contributed by atoms with Gasteiger partial charge in [-0.05, 0) is 54.4 Å². The summed E-state index contributed by atoms with van der Waals surface area (Å²) in [6, 6.07) is 21.8. The summed E-state index contributed by atoms with van der Waals surface area (Å²) in [5.74, 6) is 0.710. The minimum atomic E-state index is -0.0738. The molecule has 0 unspecified atom stereocenters. The lowest BCUT2D eigenvalue weighted by Gasteiger charge is -2.08. The zero-order valence-electron chi connectivity index (χ0n) is 17.5. The minimum absolute atomic E-state index is 0.0738. The maximum atomic E-state index is 12.5. The molecule has 0 saturated carbocycles. The summed E-state index contributed by atoms with van der Waals surface area (Å²) in [5, 5.41) is 2.98. The van der Waals surface area contributed by atoms with Crippen LogP contribution in [0, 0.1) is 0 Å². The maximum Gasteiger partial charge on any atom is 0.251 e. The number of benzene rings is 2. The van der Waals surface area contributed by atoms with Crippen LogP contribution in [0.5, 0.6) is 0 Å². The summed E-state index contributed by atoms with van der Waals surface area (Å²) in [6.45, 7) is 3.80. The number of nitrogens with zero attached hydrogens (tertiary/aromatic N) is 2. The molecule has 1 N–H and O–H groups in total. The van der Waals surface area contributed by atoms with Crippen LogP contribution in [0.4, 0.5) is 0 Å². The van der Waals surface area contributed by atoms with Crippen LogP contribution in [0.1, 0.15) is 34.1 Å². The predicted octanol–water partition coefficient (Wildman–Crippen LogP) is 5.09. The molecule has 2 aromatic heterocycles. The first kappa shape index (κ1) is 21.2. The summed E-state index contributed by atoms with van der Waals surface area (Å²) < 4.78 is 7.43. The highest BCUT2D eigenvalue weighted by molar-refractivity contribution is 7.98. The Balaban J connectivity index is 1.27. The van der Waals surface area contributed by atoms with Gasteiger partial charge >= 0.3 is 0 Å². The van der Waals surface area contributed by atoms with Crippen molar-refractivity contribution in [2.45, 2.75) is 30.7 Å². The van der Waals surface area contributed by atoms with Gasteiger partial charge in [0.05, 0.1) is 12.3 Å². The van der Waals surface area contributed by atoms with Crippen molar-refractivity contribution < 1.29 is 9.53 Å². The van der Waals surface area contributed by atoms with Crippen molar-refractivity contribution in [3.63, 3.8) is 0 Å². The fourth-order valence-electron chi connectivity index (χ4n) is 3.17. The van der Waals surface area contributed by atoms with E-state index in [-0.39, 0.29) is 5.91 Å². The maximum absolute atomic E-state index is 12.5. The van der Waals surface area contributed by atoms with Crippen molar-refractivity contribution in [3.8, 4) is 0 Å². The molecule has 0 fully saturated rings. The van der Waals surface area contributed by atoms with E-state index in [2.05, 4.69) is 10.3 Å². The molecule has 1 amide bonds. The van der Waals surface area contributed by atoms with Crippen LogP contribution in [0.2, 0.25) is 0 Å². The Kier molecular flexibility index (Phi) is 7.02. The molecular weight excluding hydrogens is 406 g/mol. The molecule has 0 aliphatic heterocycles. The van der Waals surface area contributed by atoms with Crippen LogP contribution >= 0.6 is 11.8 Å². The van der Waals surface area contributed by atoms with Gasteiger partial charge in [-0.3, -0.25) is 4.79 Å². The van der Waals surface area contributed by atoms with Crippen LogP contribution in [0.25, 0.3) is 5.65 Å². The van der Waals surface area contributed by atoms with E-state index in [0.29, 0.717) is 25.3 Å². The third-order valence-electron chi connectivity index (χ3n) is 4.87. The van der Waals surface area contributed by atoms with Gasteiger partial charge in [0.25, 0.3) is 5.91 Å². The number of ether oxygens (including phenoxy) is 1. The topological polar surface area (TPSA) is 55.6 Å². The fourth-order valence-corrected chi connectivity index (χ4v) is 3.96. The molecule has 0 atom stereocenters. The number of carbonyl (C=O) groups is 1. The number of amides is 1. The van der Waals surface area contributed by atoms with E-state index in [4.69, 9.17) is 4.74 Å². The predicted molar refractivity (Wildman–Crippen MR) is 124 cm³/mol. The molecule has 6 heteroatoms. The third kappa shape index (κ3) is 5.75. The molecule has 0 aliphatic rings. The Hall–Kier alpha value is -3.09. The lowest BCUT2D eigenvalue weighted by molar-refractivity contribution is 0.0951. The van der Waals surface area contributed by atoms with Crippen molar-refractivity contribution in [1.82, 2.24) is 14.7 Å². The molecule has 4 aromatic rings. The second-order valence-corrected chi connectivity index (χ2v) is 8.20. The second-order valence-electron chi connectivity index (χ2n) is 7.15. The van der Waals surface area contributed by atoms with Crippen molar-refractivity contribution in [1.29, 1.82) is 0 Å².